The molecule has 6 heteroatoms. The van der Waals surface area contributed by atoms with E-state index in [1.807, 2.05) is 6.92 Å². The summed E-state index contributed by atoms with van der Waals surface area (Å²) in [7, 11) is -3.48. The van der Waals surface area contributed by atoms with Crippen LogP contribution in [0, 0.1) is 0 Å². The molecular weight excluding hydrogens is 252 g/mol. The van der Waals surface area contributed by atoms with E-state index in [2.05, 4.69) is 4.72 Å². The van der Waals surface area contributed by atoms with Crippen molar-refractivity contribution in [3.8, 4) is 0 Å². The first-order valence-electron chi connectivity index (χ1n) is 5.77. The number of anilines is 1. The van der Waals surface area contributed by atoms with Crippen LogP contribution in [-0.2, 0) is 15.8 Å². The molecule has 1 atom stereocenters. The van der Waals surface area contributed by atoms with Gasteiger partial charge in [-0.15, -0.1) is 0 Å². The zero-order chi connectivity index (χ0) is 13.8. The van der Waals surface area contributed by atoms with E-state index in [0.717, 1.165) is 0 Å². The van der Waals surface area contributed by atoms with Crippen LogP contribution < -0.4 is 10.5 Å². The van der Waals surface area contributed by atoms with Gasteiger partial charge in [0, 0.05) is 5.69 Å². The van der Waals surface area contributed by atoms with Gasteiger partial charge in [0.05, 0.1) is 17.9 Å². The molecule has 1 aromatic carbocycles. The summed E-state index contributed by atoms with van der Waals surface area (Å²) in [6.45, 7) is 3.26. The van der Waals surface area contributed by atoms with E-state index in [0.29, 0.717) is 17.7 Å². The summed E-state index contributed by atoms with van der Waals surface area (Å²) in [5.41, 5.74) is 5.98. The van der Waals surface area contributed by atoms with Gasteiger partial charge in [0.25, 0.3) is 0 Å². The fraction of sp³-hybridized carbons (Fsp3) is 0.500. The Morgan fingerprint density at radius 3 is 2.33 bits per heavy atom. The Morgan fingerprint density at radius 1 is 1.33 bits per heavy atom. The van der Waals surface area contributed by atoms with Crippen molar-refractivity contribution in [3.63, 3.8) is 0 Å². The van der Waals surface area contributed by atoms with Gasteiger partial charge in [-0.1, -0.05) is 19.1 Å². The number of aliphatic hydroxyl groups is 1. The normalized spacial score (nSPS) is 15.3. The smallest absolute Gasteiger partial charge is 0.216 e. The number of nitrogen functional groups attached to an aromatic ring is 1. The van der Waals surface area contributed by atoms with Crippen molar-refractivity contribution in [2.75, 3.05) is 12.3 Å². The highest BCUT2D eigenvalue weighted by atomic mass is 32.2. The molecule has 0 aliphatic heterocycles. The van der Waals surface area contributed by atoms with Gasteiger partial charge in [-0.25, -0.2) is 13.1 Å². The van der Waals surface area contributed by atoms with Crippen molar-refractivity contribution < 1.29 is 13.5 Å². The Hall–Kier alpha value is -1.11. The van der Waals surface area contributed by atoms with Gasteiger partial charge in [-0.05, 0) is 31.0 Å². The van der Waals surface area contributed by atoms with Crippen LogP contribution in [0.2, 0.25) is 0 Å². The third-order valence-electron chi connectivity index (χ3n) is 2.87. The summed E-state index contributed by atoms with van der Waals surface area (Å²) in [6, 6.07) is 6.68. The summed E-state index contributed by atoms with van der Waals surface area (Å²) in [6.07, 6.45) is 0.518. The van der Waals surface area contributed by atoms with Crippen molar-refractivity contribution in [1.29, 1.82) is 0 Å². The first kappa shape index (κ1) is 14.9. The SMILES string of the molecule is CCC(C)(CO)NS(=O)(=O)Cc1ccc(N)cc1. The van der Waals surface area contributed by atoms with E-state index in [4.69, 9.17) is 5.73 Å². The minimum absolute atomic E-state index is 0.122. The van der Waals surface area contributed by atoms with Gasteiger partial charge in [-0.2, -0.15) is 0 Å². The van der Waals surface area contributed by atoms with E-state index in [1.165, 1.54) is 0 Å². The van der Waals surface area contributed by atoms with Crippen LogP contribution in [0.1, 0.15) is 25.8 Å². The zero-order valence-electron chi connectivity index (χ0n) is 10.7. The maximum Gasteiger partial charge on any atom is 0.216 e. The highest BCUT2D eigenvalue weighted by molar-refractivity contribution is 7.88. The molecule has 18 heavy (non-hydrogen) atoms. The van der Waals surface area contributed by atoms with Gasteiger partial charge < -0.3 is 10.8 Å². The van der Waals surface area contributed by atoms with Crippen molar-refractivity contribution in [2.45, 2.75) is 31.6 Å². The number of sulfonamides is 1. The van der Waals surface area contributed by atoms with Crippen molar-refractivity contribution in [3.05, 3.63) is 29.8 Å². The average Bonchev–Trinajstić information content (AvgIpc) is 2.31. The second-order valence-electron chi connectivity index (χ2n) is 4.68. The second-order valence-corrected chi connectivity index (χ2v) is 6.40. The van der Waals surface area contributed by atoms with Gasteiger partial charge in [0.15, 0.2) is 0 Å². The molecule has 0 bridgehead atoms. The Morgan fingerprint density at radius 2 is 1.89 bits per heavy atom. The molecule has 0 aliphatic rings. The lowest BCUT2D eigenvalue weighted by Gasteiger charge is -2.26. The van der Waals surface area contributed by atoms with Crippen LogP contribution >= 0.6 is 0 Å². The van der Waals surface area contributed by atoms with Gasteiger partial charge in [-0.3, -0.25) is 0 Å². The fourth-order valence-corrected chi connectivity index (χ4v) is 3.12. The highest BCUT2D eigenvalue weighted by Crippen LogP contribution is 2.13. The summed E-state index contributed by atoms with van der Waals surface area (Å²) >= 11 is 0. The Kier molecular flexibility index (Phi) is 4.72. The number of nitrogens with one attached hydrogen (secondary N) is 1. The van der Waals surface area contributed by atoms with Crippen LogP contribution in [0.25, 0.3) is 0 Å². The third kappa shape index (κ3) is 4.29. The molecule has 4 N–H and O–H groups in total. The molecule has 1 unspecified atom stereocenters. The molecule has 5 nitrogen and oxygen atoms in total. The molecule has 0 aliphatic carbocycles. The summed E-state index contributed by atoms with van der Waals surface area (Å²) in [5, 5.41) is 9.21. The molecule has 0 saturated carbocycles. The molecule has 1 rings (SSSR count). The van der Waals surface area contributed by atoms with Crippen LogP contribution in [0.5, 0.6) is 0 Å². The topological polar surface area (TPSA) is 92.4 Å². The maximum absolute atomic E-state index is 12.0. The first-order valence-corrected chi connectivity index (χ1v) is 7.42. The number of rotatable bonds is 6. The van der Waals surface area contributed by atoms with Gasteiger partial charge in [0.1, 0.15) is 0 Å². The average molecular weight is 272 g/mol. The molecule has 1 aromatic rings. The lowest BCUT2D eigenvalue weighted by molar-refractivity contribution is 0.191. The van der Waals surface area contributed by atoms with Crippen molar-refractivity contribution >= 4 is 15.7 Å². The summed E-state index contributed by atoms with van der Waals surface area (Å²) in [5.74, 6) is -0.122. The highest BCUT2D eigenvalue weighted by Gasteiger charge is 2.27. The quantitative estimate of drug-likeness (QED) is 0.669. The molecule has 0 aromatic heterocycles. The van der Waals surface area contributed by atoms with Crippen molar-refractivity contribution in [2.24, 2.45) is 0 Å². The number of aliphatic hydroxyl groups excluding tert-OH is 1. The third-order valence-corrected chi connectivity index (χ3v) is 4.38. The van der Waals surface area contributed by atoms with Crippen LogP contribution in [0.4, 0.5) is 5.69 Å². The van der Waals surface area contributed by atoms with Crippen LogP contribution in [0.3, 0.4) is 0 Å². The number of benzene rings is 1. The van der Waals surface area contributed by atoms with E-state index in [9.17, 15) is 13.5 Å². The molecule has 102 valence electrons. The molecule has 0 heterocycles. The van der Waals surface area contributed by atoms with Crippen molar-refractivity contribution in [1.82, 2.24) is 4.72 Å². The Bertz CT molecular complexity index is 479. The molecule has 0 radical (unpaired) electrons. The number of hydrogen-bond donors (Lipinski definition) is 3. The summed E-state index contributed by atoms with van der Waals surface area (Å²) < 4.78 is 26.5. The first-order chi connectivity index (χ1) is 8.30. The number of hydrogen-bond acceptors (Lipinski definition) is 4. The predicted octanol–water partition coefficient (Wildman–Crippen LogP) is 0.849. The van der Waals surface area contributed by atoms with Gasteiger partial charge >= 0.3 is 0 Å². The van der Waals surface area contributed by atoms with Crippen LogP contribution in [0.15, 0.2) is 24.3 Å². The largest absolute Gasteiger partial charge is 0.399 e. The summed E-state index contributed by atoms with van der Waals surface area (Å²) in [4.78, 5) is 0. The molecule has 0 amide bonds. The monoisotopic (exact) mass is 272 g/mol. The standard InChI is InChI=1S/C12H20N2O3S/c1-3-12(2,9-15)14-18(16,17)8-10-4-6-11(13)7-5-10/h4-7,14-15H,3,8-9,13H2,1-2H3. The van der Waals surface area contributed by atoms with Gasteiger partial charge in [0.2, 0.25) is 10.0 Å². The minimum Gasteiger partial charge on any atom is -0.399 e. The lowest BCUT2D eigenvalue weighted by Crippen LogP contribution is -2.48. The fourth-order valence-electron chi connectivity index (χ4n) is 1.46. The van der Waals surface area contributed by atoms with Crippen LogP contribution in [-0.4, -0.2) is 25.7 Å². The van der Waals surface area contributed by atoms with E-state index < -0.39 is 15.6 Å². The second kappa shape index (κ2) is 5.69. The lowest BCUT2D eigenvalue weighted by atomic mass is 10.0. The predicted molar refractivity (Wildman–Crippen MR) is 72.4 cm³/mol. The molecule has 0 fully saturated rings. The number of nitrogens with two attached hydrogens (primary N) is 1. The molecular formula is C12H20N2O3S. The maximum atomic E-state index is 12.0. The van der Waals surface area contributed by atoms with E-state index >= 15 is 0 Å². The zero-order valence-corrected chi connectivity index (χ0v) is 11.5. The molecule has 0 saturated heterocycles. The Balaban J connectivity index is 2.79. The Labute approximate surface area is 108 Å². The molecule has 0 spiro atoms. The minimum atomic E-state index is -3.48. The van der Waals surface area contributed by atoms with E-state index in [1.54, 1.807) is 31.2 Å². The van der Waals surface area contributed by atoms with E-state index in [-0.39, 0.29) is 12.4 Å².